The van der Waals surface area contributed by atoms with Gasteiger partial charge in [0.1, 0.15) is 0 Å². The highest BCUT2D eigenvalue weighted by Crippen LogP contribution is 2.28. The molecule has 0 aromatic heterocycles. The minimum atomic E-state index is 0.0882. The number of aryl methyl sites for hydroxylation is 2. The first-order valence-electron chi connectivity index (χ1n) is 7.61. The molecule has 3 nitrogen and oxygen atoms in total. The maximum absolute atomic E-state index is 5.91. The van der Waals surface area contributed by atoms with Crippen LogP contribution in [0.4, 0.5) is 0 Å². The van der Waals surface area contributed by atoms with E-state index in [1.54, 1.807) is 0 Å². The Morgan fingerprint density at radius 1 is 1.20 bits per heavy atom. The van der Waals surface area contributed by atoms with Crippen LogP contribution in [0.3, 0.4) is 0 Å². The van der Waals surface area contributed by atoms with Crippen molar-refractivity contribution in [2.75, 3.05) is 14.1 Å². The summed E-state index contributed by atoms with van der Waals surface area (Å²) in [6, 6.07) is 6.90. The van der Waals surface area contributed by atoms with Gasteiger partial charge in [0.05, 0.1) is 0 Å². The van der Waals surface area contributed by atoms with E-state index in [1.165, 1.54) is 16.7 Å². The molecule has 1 unspecified atom stereocenters. The number of hydrogen-bond donors (Lipinski definition) is 2. The number of nitrogens with one attached hydrogen (secondary N) is 1. The summed E-state index contributed by atoms with van der Waals surface area (Å²) in [7, 11) is 4.31. The second-order valence-corrected chi connectivity index (χ2v) is 6.06. The summed E-state index contributed by atoms with van der Waals surface area (Å²) in [6.45, 7) is 8.82. The summed E-state index contributed by atoms with van der Waals surface area (Å²) in [6.07, 6.45) is 3.12. The Morgan fingerprint density at radius 3 is 2.25 bits per heavy atom. The Morgan fingerprint density at radius 2 is 1.80 bits per heavy atom. The topological polar surface area (TPSA) is 41.3 Å². The van der Waals surface area contributed by atoms with Crippen molar-refractivity contribution in [1.82, 2.24) is 10.3 Å². The van der Waals surface area contributed by atoms with Crippen molar-refractivity contribution in [3.8, 4) is 0 Å². The molecule has 1 atom stereocenters. The SMILES string of the molecule is CCC(CC)(C(Cc1cc(C)ccc1C)NN)N(C)C. The van der Waals surface area contributed by atoms with Crippen molar-refractivity contribution in [2.45, 2.75) is 58.5 Å². The van der Waals surface area contributed by atoms with E-state index in [9.17, 15) is 0 Å². The van der Waals surface area contributed by atoms with Gasteiger partial charge >= 0.3 is 0 Å². The predicted molar refractivity (Wildman–Crippen MR) is 87.7 cm³/mol. The lowest BCUT2D eigenvalue weighted by Crippen LogP contribution is -2.61. The number of hydrazine groups is 1. The Kier molecular flexibility index (Phi) is 6.18. The predicted octanol–water partition coefficient (Wildman–Crippen LogP) is 2.80. The third kappa shape index (κ3) is 3.40. The summed E-state index contributed by atoms with van der Waals surface area (Å²) >= 11 is 0. The van der Waals surface area contributed by atoms with E-state index in [-0.39, 0.29) is 11.6 Å². The van der Waals surface area contributed by atoms with Gasteiger partial charge in [-0.2, -0.15) is 0 Å². The van der Waals surface area contributed by atoms with Gasteiger partial charge in [0.15, 0.2) is 0 Å². The molecule has 0 aliphatic rings. The summed E-state index contributed by atoms with van der Waals surface area (Å²) < 4.78 is 0. The fourth-order valence-electron chi connectivity index (χ4n) is 3.33. The average molecular weight is 277 g/mol. The van der Waals surface area contributed by atoms with Crippen molar-refractivity contribution in [2.24, 2.45) is 5.84 Å². The minimum absolute atomic E-state index is 0.0882. The van der Waals surface area contributed by atoms with Crippen LogP contribution in [0.25, 0.3) is 0 Å². The quantitative estimate of drug-likeness (QED) is 0.595. The molecule has 1 aromatic rings. The maximum Gasteiger partial charge on any atom is 0.0434 e. The first-order chi connectivity index (χ1) is 9.41. The summed E-state index contributed by atoms with van der Waals surface area (Å²) in [5.74, 6) is 5.91. The molecule has 0 spiro atoms. The van der Waals surface area contributed by atoms with Gasteiger partial charge in [-0.25, -0.2) is 0 Å². The van der Waals surface area contributed by atoms with Gasteiger partial charge in [0.2, 0.25) is 0 Å². The van der Waals surface area contributed by atoms with Gasteiger partial charge < -0.3 is 4.90 Å². The molecular weight excluding hydrogens is 246 g/mol. The van der Waals surface area contributed by atoms with Gasteiger partial charge in [-0.3, -0.25) is 11.3 Å². The average Bonchev–Trinajstić information content (AvgIpc) is 2.42. The molecular formula is C17H31N3. The molecule has 0 fully saturated rings. The number of likely N-dealkylation sites (N-methyl/N-ethyl adjacent to an activating group) is 1. The van der Waals surface area contributed by atoms with Crippen LogP contribution in [0.2, 0.25) is 0 Å². The number of nitrogens with two attached hydrogens (primary N) is 1. The fourth-order valence-corrected chi connectivity index (χ4v) is 3.33. The largest absolute Gasteiger partial charge is 0.302 e. The lowest BCUT2D eigenvalue weighted by atomic mass is 9.80. The smallest absolute Gasteiger partial charge is 0.0434 e. The molecule has 114 valence electrons. The first kappa shape index (κ1) is 17.2. The zero-order valence-electron chi connectivity index (χ0n) is 14.0. The van der Waals surface area contributed by atoms with E-state index in [2.05, 4.69) is 70.3 Å². The van der Waals surface area contributed by atoms with Crippen LogP contribution >= 0.6 is 0 Å². The highest BCUT2D eigenvalue weighted by atomic mass is 15.3. The van der Waals surface area contributed by atoms with Crippen molar-refractivity contribution < 1.29 is 0 Å². The molecule has 1 aromatic carbocycles. The monoisotopic (exact) mass is 277 g/mol. The molecule has 0 aliphatic heterocycles. The van der Waals surface area contributed by atoms with Crippen LogP contribution in [-0.4, -0.2) is 30.6 Å². The van der Waals surface area contributed by atoms with Gasteiger partial charge in [-0.15, -0.1) is 0 Å². The molecule has 0 bridgehead atoms. The maximum atomic E-state index is 5.91. The summed E-state index contributed by atoms with van der Waals surface area (Å²) in [4.78, 5) is 2.32. The van der Waals surface area contributed by atoms with E-state index in [0.29, 0.717) is 0 Å². The fraction of sp³-hybridized carbons (Fsp3) is 0.647. The second-order valence-electron chi connectivity index (χ2n) is 6.06. The highest BCUT2D eigenvalue weighted by Gasteiger charge is 2.37. The third-order valence-corrected chi connectivity index (χ3v) is 4.89. The van der Waals surface area contributed by atoms with Gasteiger partial charge in [-0.05, 0) is 58.3 Å². The van der Waals surface area contributed by atoms with Crippen LogP contribution in [0.15, 0.2) is 18.2 Å². The second kappa shape index (κ2) is 7.21. The molecule has 0 aliphatic carbocycles. The van der Waals surface area contributed by atoms with Crippen molar-refractivity contribution in [3.63, 3.8) is 0 Å². The first-order valence-corrected chi connectivity index (χ1v) is 7.61. The van der Waals surface area contributed by atoms with E-state index in [0.717, 1.165) is 19.3 Å². The Labute approximate surface area is 124 Å². The molecule has 20 heavy (non-hydrogen) atoms. The van der Waals surface area contributed by atoms with E-state index >= 15 is 0 Å². The number of hydrogen-bond acceptors (Lipinski definition) is 3. The van der Waals surface area contributed by atoms with Gasteiger partial charge in [0, 0.05) is 11.6 Å². The molecule has 3 heteroatoms. The zero-order valence-corrected chi connectivity index (χ0v) is 14.0. The lowest BCUT2D eigenvalue weighted by molar-refractivity contribution is 0.0881. The molecule has 3 N–H and O–H groups in total. The van der Waals surface area contributed by atoms with E-state index < -0.39 is 0 Å². The van der Waals surface area contributed by atoms with Gasteiger partial charge in [-0.1, -0.05) is 37.6 Å². The van der Waals surface area contributed by atoms with Crippen molar-refractivity contribution in [3.05, 3.63) is 34.9 Å². The minimum Gasteiger partial charge on any atom is -0.302 e. The Hall–Kier alpha value is -0.900. The van der Waals surface area contributed by atoms with Crippen LogP contribution in [0.1, 0.15) is 43.4 Å². The van der Waals surface area contributed by atoms with Crippen LogP contribution in [0.5, 0.6) is 0 Å². The number of benzene rings is 1. The van der Waals surface area contributed by atoms with Gasteiger partial charge in [0.25, 0.3) is 0 Å². The molecule has 0 heterocycles. The standard InChI is InChI=1S/C17H31N3/c1-7-17(8-2,20(5)6)16(19-18)12-15-11-13(3)9-10-14(15)4/h9-11,16,19H,7-8,12,18H2,1-6H3. The lowest BCUT2D eigenvalue weighted by Gasteiger charge is -2.45. The van der Waals surface area contributed by atoms with Crippen LogP contribution in [0, 0.1) is 13.8 Å². The van der Waals surface area contributed by atoms with E-state index in [1.807, 2.05) is 0 Å². The van der Waals surface area contributed by atoms with Crippen LogP contribution < -0.4 is 11.3 Å². The Balaban J connectivity index is 3.09. The van der Waals surface area contributed by atoms with E-state index in [4.69, 9.17) is 5.84 Å². The molecule has 0 amide bonds. The normalized spacial score (nSPS) is 13.8. The Bertz CT molecular complexity index is 422. The molecule has 1 rings (SSSR count). The molecule has 0 saturated heterocycles. The van der Waals surface area contributed by atoms with Crippen molar-refractivity contribution in [1.29, 1.82) is 0 Å². The van der Waals surface area contributed by atoms with Crippen molar-refractivity contribution >= 4 is 0 Å². The highest BCUT2D eigenvalue weighted by molar-refractivity contribution is 5.31. The van der Waals surface area contributed by atoms with Crippen LogP contribution in [-0.2, 0) is 6.42 Å². The third-order valence-electron chi connectivity index (χ3n) is 4.89. The number of nitrogens with zero attached hydrogens (tertiary/aromatic N) is 1. The molecule has 0 saturated carbocycles. The number of rotatable bonds is 7. The zero-order chi connectivity index (χ0) is 15.3. The molecule has 0 radical (unpaired) electrons. The summed E-state index contributed by atoms with van der Waals surface area (Å²) in [5.41, 5.74) is 7.21. The summed E-state index contributed by atoms with van der Waals surface area (Å²) in [5, 5.41) is 0.